The maximum absolute atomic E-state index is 12.7. The summed E-state index contributed by atoms with van der Waals surface area (Å²) in [5.41, 5.74) is 1.22. The highest BCUT2D eigenvalue weighted by molar-refractivity contribution is 5.79. The van der Waals surface area contributed by atoms with Gasteiger partial charge in [-0.2, -0.15) is 0 Å². The highest BCUT2D eigenvalue weighted by Crippen LogP contribution is 2.16. The molecule has 1 aliphatic rings. The van der Waals surface area contributed by atoms with Crippen LogP contribution in [0.1, 0.15) is 32.3 Å². The topological polar surface area (TPSA) is 65.1 Å². The molecule has 1 heterocycles. The number of nitrogens with zero attached hydrogens (tertiary/aromatic N) is 1. The van der Waals surface area contributed by atoms with Crippen molar-refractivity contribution in [2.24, 2.45) is 5.92 Å². The lowest BCUT2D eigenvalue weighted by Gasteiger charge is -2.27. The maximum atomic E-state index is 12.7. The van der Waals surface area contributed by atoms with E-state index < -0.39 is 5.92 Å². The smallest absolute Gasteiger partial charge is 0.310 e. The molecule has 0 saturated carbocycles. The molecular formula is C20H29NO5. The predicted molar refractivity (Wildman–Crippen MR) is 98.0 cm³/mol. The molecule has 1 saturated heterocycles. The van der Waals surface area contributed by atoms with Crippen molar-refractivity contribution in [2.45, 2.75) is 39.2 Å². The minimum Gasteiger partial charge on any atom is -0.484 e. The Kier molecular flexibility index (Phi) is 7.91. The summed E-state index contributed by atoms with van der Waals surface area (Å²) in [6, 6.07) is 7.72. The molecule has 1 aromatic carbocycles. The fourth-order valence-electron chi connectivity index (χ4n) is 2.98. The second-order valence-electron chi connectivity index (χ2n) is 6.64. The van der Waals surface area contributed by atoms with Crippen molar-refractivity contribution >= 4 is 11.9 Å². The number of esters is 1. The molecule has 6 nitrogen and oxygen atoms in total. The number of carbonyl (C=O) groups excluding carboxylic acids is 2. The van der Waals surface area contributed by atoms with Gasteiger partial charge < -0.3 is 19.1 Å². The van der Waals surface area contributed by atoms with Crippen molar-refractivity contribution in [2.75, 3.05) is 33.4 Å². The lowest BCUT2D eigenvalue weighted by Crippen LogP contribution is -2.43. The molecule has 0 aromatic heterocycles. The molecule has 0 aliphatic carbocycles. The minimum atomic E-state index is -0.394. The molecule has 1 aromatic rings. The fourth-order valence-corrected chi connectivity index (χ4v) is 2.98. The quantitative estimate of drug-likeness (QED) is 0.631. The molecule has 0 bridgehead atoms. The molecule has 26 heavy (non-hydrogen) atoms. The SMILES string of the molecule is CCc1ccc(OCC(=O)N(CC2CCCO2)CC(C)C(=O)OC)cc1. The van der Waals surface area contributed by atoms with Crippen molar-refractivity contribution in [1.82, 2.24) is 4.90 Å². The Balaban J connectivity index is 1.94. The molecule has 1 fully saturated rings. The summed E-state index contributed by atoms with van der Waals surface area (Å²) in [5.74, 6) is -0.218. The van der Waals surface area contributed by atoms with Crippen molar-refractivity contribution < 1.29 is 23.8 Å². The Labute approximate surface area is 155 Å². The third kappa shape index (κ3) is 6.02. The highest BCUT2D eigenvalue weighted by Gasteiger charge is 2.26. The van der Waals surface area contributed by atoms with Gasteiger partial charge in [0.15, 0.2) is 6.61 Å². The molecule has 2 atom stereocenters. The fraction of sp³-hybridized carbons (Fsp3) is 0.600. The lowest BCUT2D eigenvalue weighted by molar-refractivity contribution is -0.147. The Hall–Kier alpha value is -2.08. The van der Waals surface area contributed by atoms with Crippen LogP contribution in [0.4, 0.5) is 0 Å². The monoisotopic (exact) mass is 363 g/mol. The second-order valence-corrected chi connectivity index (χ2v) is 6.64. The van der Waals surface area contributed by atoms with E-state index in [1.807, 2.05) is 24.3 Å². The Morgan fingerprint density at radius 1 is 1.31 bits per heavy atom. The first kappa shape index (κ1) is 20.2. The van der Waals surface area contributed by atoms with Gasteiger partial charge in [-0.3, -0.25) is 9.59 Å². The zero-order chi connectivity index (χ0) is 18.9. The number of aryl methyl sites for hydroxylation is 1. The van der Waals surface area contributed by atoms with Crippen LogP contribution in [0.25, 0.3) is 0 Å². The van der Waals surface area contributed by atoms with Gasteiger partial charge in [-0.1, -0.05) is 26.0 Å². The second kappa shape index (κ2) is 10.2. The maximum Gasteiger partial charge on any atom is 0.310 e. The largest absolute Gasteiger partial charge is 0.484 e. The number of hydrogen-bond acceptors (Lipinski definition) is 5. The van der Waals surface area contributed by atoms with E-state index in [4.69, 9.17) is 14.2 Å². The lowest BCUT2D eigenvalue weighted by atomic mass is 10.1. The van der Waals surface area contributed by atoms with E-state index in [-0.39, 0.29) is 24.6 Å². The zero-order valence-electron chi connectivity index (χ0n) is 15.9. The molecule has 6 heteroatoms. The molecule has 2 unspecified atom stereocenters. The first-order chi connectivity index (χ1) is 12.5. The van der Waals surface area contributed by atoms with Crippen molar-refractivity contribution in [3.8, 4) is 5.75 Å². The zero-order valence-corrected chi connectivity index (χ0v) is 15.9. The predicted octanol–water partition coefficient (Wildman–Crippen LogP) is 2.44. The molecule has 144 valence electrons. The molecular weight excluding hydrogens is 334 g/mol. The summed E-state index contributed by atoms with van der Waals surface area (Å²) in [6.07, 6.45) is 2.90. The van der Waals surface area contributed by atoms with Crippen LogP contribution in [0, 0.1) is 5.92 Å². The summed E-state index contributed by atoms with van der Waals surface area (Å²) in [6.45, 7) is 5.27. The van der Waals surface area contributed by atoms with E-state index in [9.17, 15) is 9.59 Å². The number of methoxy groups -OCH3 is 1. The number of carbonyl (C=O) groups is 2. The van der Waals surface area contributed by atoms with Gasteiger partial charge in [0.2, 0.25) is 0 Å². The van der Waals surface area contributed by atoms with Gasteiger partial charge in [-0.25, -0.2) is 0 Å². The first-order valence-corrected chi connectivity index (χ1v) is 9.22. The molecule has 0 radical (unpaired) electrons. The number of rotatable bonds is 9. The molecule has 1 aliphatic heterocycles. The van der Waals surface area contributed by atoms with Gasteiger partial charge in [0.1, 0.15) is 5.75 Å². The van der Waals surface area contributed by atoms with Crippen LogP contribution >= 0.6 is 0 Å². The van der Waals surface area contributed by atoms with Gasteiger partial charge in [-0.05, 0) is 37.0 Å². The number of amides is 1. The van der Waals surface area contributed by atoms with E-state index in [0.717, 1.165) is 25.9 Å². The van der Waals surface area contributed by atoms with Gasteiger partial charge in [-0.15, -0.1) is 0 Å². The molecule has 0 spiro atoms. The van der Waals surface area contributed by atoms with Crippen molar-refractivity contribution in [3.63, 3.8) is 0 Å². The van der Waals surface area contributed by atoms with E-state index >= 15 is 0 Å². The summed E-state index contributed by atoms with van der Waals surface area (Å²) >= 11 is 0. The van der Waals surface area contributed by atoms with Gasteiger partial charge in [0.05, 0.1) is 19.1 Å². The van der Waals surface area contributed by atoms with Crippen molar-refractivity contribution in [3.05, 3.63) is 29.8 Å². The normalized spacial score (nSPS) is 17.6. The van der Waals surface area contributed by atoms with Crippen LogP contribution in [-0.4, -0.2) is 56.3 Å². The average molecular weight is 363 g/mol. The summed E-state index contributed by atoms with van der Waals surface area (Å²) in [7, 11) is 1.36. The Morgan fingerprint density at radius 2 is 2.04 bits per heavy atom. The molecule has 1 amide bonds. The summed E-state index contributed by atoms with van der Waals surface area (Å²) in [4.78, 5) is 26.0. The van der Waals surface area contributed by atoms with Gasteiger partial charge >= 0.3 is 5.97 Å². The Bertz CT molecular complexity index is 580. The van der Waals surface area contributed by atoms with Crippen LogP contribution in [0.15, 0.2) is 24.3 Å². The van der Waals surface area contributed by atoms with E-state index in [0.29, 0.717) is 18.8 Å². The Morgan fingerprint density at radius 3 is 2.62 bits per heavy atom. The summed E-state index contributed by atoms with van der Waals surface area (Å²) in [5, 5.41) is 0. The minimum absolute atomic E-state index is 0.0210. The number of hydrogen-bond donors (Lipinski definition) is 0. The van der Waals surface area contributed by atoms with Crippen LogP contribution < -0.4 is 4.74 Å². The van der Waals surface area contributed by atoms with Crippen molar-refractivity contribution in [1.29, 1.82) is 0 Å². The third-order valence-corrected chi connectivity index (χ3v) is 4.59. The van der Waals surface area contributed by atoms with Crippen LogP contribution in [0.3, 0.4) is 0 Å². The number of benzene rings is 1. The summed E-state index contributed by atoms with van der Waals surface area (Å²) < 4.78 is 16.0. The van der Waals surface area contributed by atoms with E-state index in [1.54, 1.807) is 11.8 Å². The van der Waals surface area contributed by atoms with E-state index in [2.05, 4.69) is 6.92 Å². The third-order valence-electron chi connectivity index (χ3n) is 4.59. The molecule has 0 N–H and O–H groups in total. The van der Waals surface area contributed by atoms with Crippen LogP contribution in [-0.2, 0) is 25.5 Å². The van der Waals surface area contributed by atoms with Crippen LogP contribution in [0.5, 0.6) is 5.75 Å². The highest BCUT2D eigenvalue weighted by atomic mass is 16.5. The standard InChI is InChI=1S/C20H29NO5/c1-4-16-7-9-17(10-8-16)26-14-19(22)21(12-15(2)20(23)24-3)13-18-6-5-11-25-18/h7-10,15,18H,4-6,11-14H2,1-3H3. The van der Waals surface area contributed by atoms with E-state index in [1.165, 1.54) is 12.7 Å². The van der Waals surface area contributed by atoms with Crippen LogP contribution in [0.2, 0.25) is 0 Å². The first-order valence-electron chi connectivity index (χ1n) is 9.22. The number of ether oxygens (including phenoxy) is 3. The van der Waals surface area contributed by atoms with Gasteiger partial charge in [0.25, 0.3) is 5.91 Å². The molecule has 2 rings (SSSR count). The van der Waals surface area contributed by atoms with Gasteiger partial charge in [0, 0.05) is 19.7 Å². The average Bonchev–Trinajstić information content (AvgIpc) is 3.18.